The Kier molecular flexibility index (Phi) is 6.93. The maximum atomic E-state index is 12.7. The van der Waals surface area contributed by atoms with E-state index in [1.165, 1.54) is 6.92 Å². The van der Waals surface area contributed by atoms with E-state index in [1.54, 1.807) is 37.3 Å². The zero-order valence-corrected chi connectivity index (χ0v) is 20.3. The lowest BCUT2D eigenvalue weighted by atomic mass is 9.68. The van der Waals surface area contributed by atoms with Gasteiger partial charge in [-0.1, -0.05) is 18.2 Å². The number of ether oxygens (including phenoxy) is 3. The topological polar surface area (TPSA) is 163 Å². The van der Waals surface area contributed by atoms with Crippen molar-refractivity contribution in [1.82, 2.24) is 0 Å². The Morgan fingerprint density at radius 1 is 1.14 bits per heavy atom. The first kappa shape index (κ1) is 26.5. The van der Waals surface area contributed by atoms with Crippen LogP contribution >= 0.6 is 0 Å². The number of fused-ring (bicyclic) bond motifs is 1. The third-order valence-corrected chi connectivity index (χ3v) is 7.85. The van der Waals surface area contributed by atoms with Gasteiger partial charge in [0.25, 0.3) is 0 Å². The maximum Gasteiger partial charge on any atom is 0.338 e. The predicted octanol–water partition coefficient (Wildman–Crippen LogP) is -0.211. The number of esters is 1. The minimum absolute atomic E-state index is 0.189. The van der Waals surface area contributed by atoms with Gasteiger partial charge in [0.1, 0.15) is 41.7 Å². The monoisotopic (exact) mass is 503 g/mol. The van der Waals surface area contributed by atoms with Crippen LogP contribution in [0.25, 0.3) is 0 Å². The van der Waals surface area contributed by atoms with Crippen molar-refractivity contribution in [3.05, 3.63) is 35.9 Å². The summed E-state index contributed by atoms with van der Waals surface area (Å²) in [5.41, 5.74) is -4.35. The summed E-state index contributed by atoms with van der Waals surface area (Å²) >= 11 is 0. The van der Waals surface area contributed by atoms with Crippen molar-refractivity contribution in [2.45, 2.75) is 79.8 Å². The molecule has 0 spiro atoms. The van der Waals surface area contributed by atoms with E-state index in [4.69, 9.17) is 14.2 Å². The number of benzene rings is 1. The first-order valence-corrected chi connectivity index (χ1v) is 11.7. The van der Waals surface area contributed by atoms with E-state index in [2.05, 4.69) is 35.1 Å². The molecule has 11 nitrogen and oxygen atoms in total. The molecule has 4 N–H and O–H groups in total. The predicted molar refractivity (Wildman–Crippen MR) is 131 cm³/mol. The molecule has 3 fully saturated rings. The maximum absolute atomic E-state index is 12.7. The van der Waals surface area contributed by atoms with Gasteiger partial charge < -0.3 is 34.6 Å². The number of rotatable bonds is 8. The molecule has 0 radical (unpaired) electrons. The van der Waals surface area contributed by atoms with Crippen molar-refractivity contribution in [3.8, 4) is 0 Å². The van der Waals surface area contributed by atoms with Crippen LogP contribution < -0.4 is 0 Å². The number of carbonyl (C=O) groups is 1. The lowest BCUT2D eigenvalue weighted by Gasteiger charge is -2.52. The van der Waals surface area contributed by atoms with Gasteiger partial charge in [0, 0.05) is 0 Å². The first-order chi connectivity index (χ1) is 17.0. The normalized spacial score (nSPS) is 45.7. The van der Waals surface area contributed by atoms with E-state index < -0.39 is 78.0 Å². The molecule has 3 aliphatic rings. The summed E-state index contributed by atoms with van der Waals surface area (Å²) in [5.74, 6) is -1.43. The van der Waals surface area contributed by atoms with Gasteiger partial charge in [-0.2, -0.15) is 0 Å². The van der Waals surface area contributed by atoms with Gasteiger partial charge in [-0.15, -0.1) is 0 Å². The van der Waals surface area contributed by atoms with Crippen molar-refractivity contribution >= 4 is 26.1 Å². The second-order valence-electron chi connectivity index (χ2n) is 10.1. The minimum atomic E-state index is -1.85. The van der Waals surface area contributed by atoms with Crippen LogP contribution in [0.3, 0.4) is 0 Å². The van der Waals surface area contributed by atoms with Crippen LogP contribution in [-0.4, -0.2) is 113 Å². The van der Waals surface area contributed by atoms with Gasteiger partial charge in [-0.25, -0.2) is 4.79 Å². The highest BCUT2D eigenvalue weighted by Gasteiger charge is 2.78. The van der Waals surface area contributed by atoms with Crippen LogP contribution in [0.5, 0.6) is 0 Å². The van der Waals surface area contributed by atoms with Crippen molar-refractivity contribution in [3.63, 3.8) is 0 Å². The van der Waals surface area contributed by atoms with Crippen LogP contribution in [0.4, 0.5) is 0 Å². The van der Waals surface area contributed by atoms with Gasteiger partial charge in [0.05, 0.1) is 29.7 Å². The average Bonchev–Trinajstić information content (AvgIpc) is 3.48. The quantitative estimate of drug-likeness (QED) is 0.280. The van der Waals surface area contributed by atoms with E-state index in [1.807, 2.05) is 0 Å². The molecular formula is C25H33N3O8. The Hall–Kier alpha value is -2.54. The number of hydrogen-bond donors (Lipinski definition) is 4. The van der Waals surface area contributed by atoms with Crippen LogP contribution in [0.2, 0.25) is 0 Å². The smallest absolute Gasteiger partial charge is 0.338 e. The standard InChI is InChI=1S/C25H33N3O8/c1-23(28-5)11-14(26-3)18(24(2,32)22(23)31)36-21-17(27-4)16-19(25(16,33)15(12-29)34-21)35-20(30)13-9-7-6-8-10-13/h6-10,14-19,21-22,29,31-33H,3-5,11-12H2,1-2H3/t14?,15?,16?,17?,18-,19?,21-,22?,23?,24-,25-/m1/s1. The van der Waals surface area contributed by atoms with Crippen LogP contribution in [0.1, 0.15) is 30.6 Å². The fourth-order valence-electron chi connectivity index (χ4n) is 5.69. The lowest BCUT2D eigenvalue weighted by molar-refractivity contribution is -0.296. The second-order valence-corrected chi connectivity index (χ2v) is 10.1. The van der Waals surface area contributed by atoms with E-state index in [0.717, 1.165) is 0 Å². The summed E-state index contributed by atoms with van der Waals surface area (Å²) in [6.07, 6.45) is -5.69. The Labute approximate surface area is 209 Å². The molecule has 11 heteroatoms. The minimum Gasteiger partial charge on any atom is -0.455 e. The molecule has 196 valence electrons. The van der Waals surface area contributed by atoms with Gasteiger partial charge in [0.15, 0.2) is 6.29 Å². The highest BCUT2D eigenvalue weighted by Crippen LogP contribution is 2.57. The number of hydrogen-bond acceptors (Lipinski definition) is 11. The number of nitrogens with zero attached hydrogens (tertiary/aromatic N) is 3. The molecular weight excluding hydrogens is 470 g/mol. The van der Waals surface area contributed by atoms with Crippen LogP contribution in [0, 0.1) is 5.92 Å². The molecule has 0 amide bonds. The summed E-state index contributed by atoms with van der Waals surface area (Å²) in [7, 11) is 0. The fraction of sp³-hybridized carbons (Fsp3) is 0.600. The molecule has 1 saturated heterocycles. The molecule has 1 heterocycles. The molecule has 36 heavy (non-hydrogen) atoms. The largest absolute Gasteiger partial charge is 0.455 e. The number of carbonyl (C=O) groups excluding carboxylic acids is 1. The molecule has 1 aliphatic heterocycles. The molecule has 2 aliphatic carbocycles. The Morgan fingerprint density at radius 2 is 1.81 bits per heavy atom. The van der Waals surface area contributed by atoms with Crippen molar-refractivity contribution in [2.75, 3.05) is 6.61 Å². The van der Waals surface area contributed by atoms with E-state index in [-0.39, 0.29) is 6.42 Å². The number of aliphatic imine (C=N–C) groups is 3. The van der Waals surface area contributed by atoms with Crippen molar-refractivity contribution in [1.29, 1.82) is 0 Å². The Balaban J connectivity index is 1.59. The highest BCUT2D eigenvalue weighted by molar-refractivity contribution is 5.89. The SMILES string of the molecule is C=NC1C2C(OC(=O)c3ccccc3)[C@@]2(O)C(CO)O[C@@H]1O[C@@H]1C(N=C)CC(C)(N=C)C(O)[C@]1(C)O. The van der Waals surface area contributed by atoms with Gasteiger partial charge in [-0.05, 0) is 52.6 Å². The second kappa shape index (κ2) is 9.40. The zero-order valence-electron chi connectivity index (χ0n) is 20.3. The average molecular weight is 504 g/mol. The Morgan fingerprint density at radius 3 is 2.36 bits per heavy atom. The van der Waals surface area contributed by atoms with E-state index in [0.29, 0.717) is 5.56 Å². The summed E-state index contributed by atoms with van der Waals surface area (Å²) in [6.45, 7) is 13.2. The third-order valence-electron chi connectivity index (χ3n) is 7.85. The number of aliphatic hydroxyl groups is 4. The summed E-state index contributed by atoms with van der Waals surface area (Å²) in [6, 6.07) is 6.67. The fourth-order valence-corrected chi connectivity index (χ4v) is 5.69. The van der Waals surface area contributed by atoms with Gasteiger partial charge >= 0.3 is 5.97 Å². The van der Waals surface area contributed by atoms with E-state index in [9.17, 15) is 25.2 Å². The Bertz CT molecular complexity index is 1020. The number of aliphatic hydroxyl groups excluding tert-OH is 2. The van der Waals surface area contributed by atoms with Crippen LogP contribution in [0.15, 0.2) is 45.3 Å². The molecule has 1 aromatic carbocycles. The third kappa shape index (κ3) is 4.00. The molecule has 4 rings (SSSR count). The van der Waals surface area contributed by atoms with Gasteiger partial charge in [-0.3, -0.25) is 15.0 Å². The molecule has 7 unspecified atom stereocenters. The molecule has 1 aromatic rings. The van der Waals surface area contributed by atoms with E-state index >= 15 is 0 Å². The molecule has 2 saturated carbocycles. The molecule has 0 aromatic heterocycles. The summed E-state index contributed by atoms with van der Waals surface area (Å²) in [4.78, 5) is 24.8. The summed E-state index contributed by atoms with van der Waals surface area (Å²) in [5, 5.41) is 43.5. The summed E-state index contributed by atoms with van der Waals surface area (Å²) < 4.78 is 17.6. The molecule has 11 atom stereocenters. The van der Waals surface area contributed by atoms with Gasteiger partial charge in [0.2, 0.25) is 0 Å². The first-order valence-electron chi connectivity index (χ1n) is 11.7. The highest BCUT2D eigenvalue weighted by atomic mass is 16.7. The van der Waals surface area contributed by atoms with Crippen LogP contribution in [-0.2, 0) is 14.2 Å². The molecule has 0 bridgehead atoms. The lowest BCUT2D eigenvalue weighted by Crippen LogP contribution is -2.69. The van der Waals surface area contributed by atoms with Crippen molar-refractivity contribution in [2.24, 2.45) is 20.9 Å². The zero-order chi connectivity index (χ0) is 26.5. The van der Waals surface area contributed by atoms with Crippen molar-refractivity contribution < 1.29 is 39.4 Å².